The minimum atomic E-state index is -0.807. The standard InChI is InChI=1S/C15H14ClNO2S/c16-14-12(7-4-8-17-14)10-20-13(15(18)19)9-11-5-2-1-3-6-11/h1-8,13H,9-10H2,(H,18,19). The quantitative estimate of drug-likeness (QED) is 0.827. The van der Waals surface area contributed by atoms with Gasteiger partial charge in [0.25, 0.3) is 0 Å². The van der Waals surface area contributed by atoms with Gasteiger partial charge in [-0.3, -0.25) is 4.79 Å². The van der Waals surface area contributed by atoms with Crippen LogP contribution < -0.4 is 0 Å². The average Bonchev–Trinajstić information content (AvgIpc) is 2.46. The number of rotatable bonds is 6. The molecule has 0 radical (unpaired) electrons. The second-order valence-corrected chi connectivity index (χ2v) is 5.83. The molecule has 0 aliphatic rings. The number of carboxylic acid groups (broad SMARTS) is 1. The van der Waals surface area contributed by atoms with E-state index >= 15 is 0 Å². The highest BCUT2D eigenvalue weighted by molar-refractivity contribution is 7.99. The number of aromatic nitrogens is 1. The third-order valence-electron chi connectivity index (χ3n) is 2.82. The number of carbonyl (C=O) groups is 1. The maximum absolute atomic E-state index is 11.3. The molecule has 104 valence electrons. The van der Waals surface area contributed by atoms with E-state index < -0.39 is 11.2 Å². The largest absolute Gasteiger partial charge is 0.480 e. The van der Waals surface area contributed by atoms with Gasteiger partial charge in [-0.05, 0) is 23.6 Å². The van der Waals surface area contributed by atoms with Crippen LogP contribution in [0, 0.1) is 0 Å². The fourth-order valence-electron chi connectivity index (χ4n) is 1.76. The van der Waals surface area contributed by atoms with Crippen LogP contribution in [0.25, 0.3) is 0 Å². The Balaban J connectivity index is 2.00. The summed E-state index contributed by atoms with van der Waals surface area (Å²) in [7, 11) is 0. The number of benzene rings is 1. The van der Waals surface area contributed by atoms with Gasteiger partial charge in [0.2, 0.25) is 0 Å². The van der Waals surface area contributed by atoms with Crippen LogP contribution in [0.4, 0.5) is 0 Å². The maximum atomic E-state index is 11.3. The van der Waals surface area contributed by atoms with Gasteiger partial charge in [-0.25, -0.2) is 4.98 Å². The molecule has 0 aliphatic heterocycles. The first-order valence-electron chi connectivity index (χ1n) is 6.14. The van der Waals surface area contributed by atoms with Gasteiger partial charge in [0.15, 0.2) is 0 Å². The second-order valence-electron chi connectivity index (χ2n) is 4.28. The molecule has 0 spiro atoms. The molecule has 0 fully saturated rings. The lowest BCUT2D eigenvalue weighted by molar-refractivity contribution is -0.136. The molecule has 0 aliphatic carbocycles. The van der Waals surface area contributed by atoms with Gasteiger partial charge in [-0.15, -0.1) is 11.8 Å². The van der Waals surface area contributed by atoms with Crippen LogP contribution in [0.5, 0.6) is 0 Å². The van der Waals surface area contributed by atoms with E-state index in [9.17, 15) is 9.90 Å². The zero-order chi connectivity index (χ0) is 14.4. The molecule has 2 rings (SSSR count). The Morgan fingerprint density at radius 3 is 2.65 bits per heavy atom. The van der Waals surface area contributed by atoms with E-state index in [1.165, 1.54) is 11.8 Å². The maximum Gasteiger partial charge on any atom is 0.316 e. The van der Waals surface area contributed by atoms with Crippen molar-refractivity contribution in [2.45, 2.75) is 17.4 Å². The van der Waals surface area contributed by atoms with E-state index in [1.807, 2.05) is 36.4 Å². The summed E-state index contributed by atoms with van der Waals surface area (Å²) < 4.78 is 0. The minimum absolute atomic E-state index is 0.434. The summed E-state index contributed by atoms with van der Waals surface area (Å²) in [4.78, 5) is 15.3. The summed E-state index contributed by atoms with van der Waals surface area (Å²) in [5, 5.41) is 9.25. The molecule has 0 saturated heterocycles. The lowest BCUT2D eigenvalue weighted by Gasteiger charge is -2.12. The molecule has 3 nitrogen and oxygen atoms in total. The highest BCUT2D eigenvalue weighted by Gasteiger charge is 2.19. The van der Waals surface area contributed by atoms with E-state index in [4.69, 9.17) is 11.6 Å². The van der Waals surface area contributed by atoms with Crippen LogP contribution in [0.1, 0.15) is 11.1 Å². The lowest BCUT2D eigenvalue weighted by Crippen LogP contribution is -2.19. The Bertz CT molecular complexity index is 577. The Labute approximate surface area is 127 Å². The second kappa shape index (κ2) is 7.31. The molecule has 5 heteroatoms. The summed E-state index contributed by atoms with van der Waals surface area (Å²) >= 11 is 7.34. The van der Waals surface area contributed by atoms with E-state index in [-0.39, 0.29) is 0 Å². The van der Waals surface area contributed by atoms with Crippen molar-refractivity contribution in [2.24, 2.45) is 0 Å². The van der Waals surface area contributed by atoms with Crippen LogP contribution in [0.3, 0.4) is 0 Å². The Morgan fingerprint density at radius 2 is 2.00 bits per heavy atom. The Morgan fingerprint density at radius 1 is 1.25 bits per heavy atom. The van der Waals surface area contributed by atoms with E-state index in [2.05, 4.69) is 4.98 Å². The first kappa shape index (κ1) is 14.9. The van der Waals surface area contributed by atoms with Crippen molar-refractivity contribution >= 4 is 29.3 Å². The van der Waals surface area contributed by atoms with Crippen LogP contribution in [0.2, 0.25) is 5.15 Å². The zero-order valence-electron chi connectivity index (χ0n) is 10.7. The van der Waals surface area contributed by atoms with Gasteiger partial charge in [0.1, 0.15) is 10.4 Å². The highest BCUT2D eigenvalue weighted by atomic mass is 35.5. The predicted molar refractivity (Wildman–Crippen MR) is 82.1 cm³/mol. The van der Waals surface area contributed by atoms with E-state index in [0.29, 0.717) is 17.3 Å². The van der Waals surface area contributed by atoms with Crippen LogP contribution >= 0.6 is 23.4 Å². The number of pyridine rings is 1. The third-order valence-corrected chi connectivity index (χ3v) is 4.40. The molecular weight excluding hydrogens is 294 g/mol. The smallest absolute Gasteiger partial charge is 0.316 e. The molecule has 0 saturated carbocycles. The molecule has 1 aromatic carbocycles. The molecule has 1 N–H and O–H groups in total. The monoisotopic (exact) mass is 307 g/mol. The SMILES string of the molecule is O=C(O)C(Cc1ccccc1)SCc1cccnc1Cl. The van der Waals surface area contributed by atoms with Crippen molar-refractivity contribution < 1.29 is 9.90 Å². The molecule has 1 aromatic heterocycles. The number of thioether (sulfide) groups is 1. The highest BCUT2D eigenvalue weighted by Crippen LogP contribution is 2.24. The van der Waals surface area contributed by atoms with Crippen LogP contribution in [-0.4, -0.2) is 21.3 Å². The Hall–Kier alpha value is -1.52. The summed E-state index contributed by atoms with van der Waals surface area (Å²) in [6, 6.07) is 13.3. The lowest BCUT2D eigenvalue weighted by atomic mass is 10.1. The van der Waals surface area contributed by atoms with Crippen LogP contribution in [-0.2, 0) is 17.0 Å². The first-order valence-corrected chi connectivity index (χ1v) is 7.57. The van der Waals surface area contributed by atoms with Gasteiger partial charge < -0.3 is 5.11 Å². The molecular formula is C15H14ClNO2S. The topological polar surface area (TPSA) is 50.2 Å². The van der Waals surface area contributed by atoms with Gasteiger partial charge in [-0.2, -0.15) is 0 Å². The molecule has 20 heavy (non-hydrogen) atoms. The first-order chi connectivity index (χ1) is 9.66. The minimum Gasteiger partial charge on any atom is -0.480 e. The third kappa shape index (κ3) is 4.25. The van der Waals surface area contributed by atoms with E-state index in [1.54, 1.807) is 12.3 Å². The molecule has 0 amide bonds. The summed E-state index contributed by atoms with van der Waals surface area (Å²) in [6.45, 7) is 0. The predicted octanol–water partition coefficient (Wildman–Crippen LogP) is 3.66. The molecule has 1 unspecified atom stereocenters. The number of hydrogen-bond acceptors (Lipinski definition) is 3. The van der Waals surface area contributed by atoms with Gasteiger partial charge in [0, 0.05) is 11.9 Å². The Kier molecular flexibility index (Phi) is 5.44. The fraction of sp³-hybridized carbons (Fsp3) is 0.200. The van der Waals surface area contributed by atoms with Crippen molar-refractivity contribution in [3.05, 3.63) is 64.9 Å². The number of halogens is 1. The number of hydrogen-bond donors (Lipinski definition) is 1. The van der Waals surface area contributed by atoms with Crippen molar-refractivity contribution in [1.29, 1.82) is 0 Å². The number of aliphatic carboxylic acids is 1. The van der Waals surface area contributed by atoms with Gasteiger partial charge in [-0.1, -0.05) is 48.0 Å². The number of carboxylic acids is 1. The van der Waals surface area contributed by atoms with Crippen molar-refractivity contribution in [3.63, 3.8) is 0 Å². The average molecular weight is 308 g/mol. The fourth-order valence-corrected chi connectivity index (χ4v) is 3.10. The van der Waals surface area contributed by atoms with Crippen molar-refractivity contribution in [3.8, 4) is 0 Å². The van der Waals surface area contributed by atoms with Crippen molar-refractivity contribution in [2.75, 3.05) is 0 Å². The number of nitrogens with zero attached hydrogens (tertiary/aromatic N) is 1. The molecule has 1 atom stereocenters. The normalized spacial score (nSPS) is 12.1. The summed E-state index contributed by atoms with van der Waals surface area (Å²) in [6.07, 6.45) is 2.12. The molecule has 0 bridgehead atoms. The molecule has 2 aromatic rings. The molecule has 1 heterocycles. The summed E-state index contributed by atoms with van der Waals surface area (Å²) in [5.41, 5.74) is 1.88. The van der Waals surface area contributed by atoms with Crippen molar-refractivity contribution in [1.82, 2.24) is 4.98 Å². The van der Waals surface area contributed by atoms with E-state index in [0.717, 1.165) is 11.1 Å². The summed E-state index contributed by atoms with van der Waals surface area (Å²) in [5.74, 6) is -0.268. The van der Waals surface area contributed by atoms with Gasteiger partial charge >= 0.3 is 5.97 Å². The van der Waals surface area contributed by atoms with Gasteiger partial charge in [0.05, 0.1) is 0 Å². The zero-order valence-corrected chi connectivity index (χ0v) is 12.3. The van der Waals surface area contributed by atoms with Crippen LogP contribution in [0.15, 0.2) is 48.7 Å².